The molecule has 0 spiro atoms. The molecule has 0 aromatic heterocycles. The zero-order chi connectivity index (χ0) is 8.22. The number of carbonyl (C=O) groups is 2. The molecule has 2 aliphatic carbocycles. The van der Waals surface area contributed by atoms with Gasteiger partial charge in [-0.2, -0.15) is 0 Å². The summed E-state index contributed by atoms with van der Waals surface area (Å²) in [4.78, 5) is 22.3. The van der Waals surface area contributed by atoms with Crippen LogP contribution in [0, 0.1) is 17.3 Å². The lowest BCUT2D eigenvalue weighted by Gasteiger charge is -2.02. The highest BCUT2D eigenvalue weighted by molar-refractivity contribution is 5.98. The summed E-state index contributed by atoms with van der Waals surface area (Å²) in [5.41, 5.74) is -0.184. The maximum absolute atomic E-state index is 11.2. The molecule has 2 nitrogen and oxygen atoms in total. The quantitative estimate of drug-likeness (QED) is 0.565. The fourth-order valence-electron chi connectivity index (χ4n) is 2.42. The number of hydrogen-bond acceptors (Lipinski definition) is 2. The molecular weight excluding hydrogens is 140 g/mol. The van der Waals surface area contributed by atoms with Gasteiger partial charge in [0.05, 0.1) is 0 Å². The van der Waals surface area contributed by atoms with E-state index in [0.717, 1.165) is 6.42 Å². The van der Waals surface area contributed by atoms with E-state index in [1.807, 2.05) is 6.92 Å². The van der Waals surface area contributed by atoms with Crippen LogP contribution in [0.15, 0.2) is 0 Å². The topological polar surface area (TPSA) is 34.1 Å². The zero-order valence-corrected chi connectivity index (χ0v) is 6.89. The lowest BCUT2D eigenvalue weighted by molar-refractivity contribution is -0.126. The molecule has 11 heavy (non-hydrogen) atoms. The Morgan fingerprint density at radius 2 is 2.27 bits per heavy atom. The Bertz CT molecular complexity index is 242. The van der Waals surface area contributed by atoms with Gasteiger partial charge in [-0.1, -0.05) is 6.92 Å². The first-order chi connectivity index (χ1) is 5.08. The SMILES string of the molecule is CC(=O)C12CC(=O)C(C)C1C2. The van der Waals surface area contributed by atoms with Crippen LogP contribution < -0.4 is 0 Å². The average molecular weight is 152 g/mol. The molecule has 2 rings (SSSR count). The van der Waals surface area contributed by atoms with Gasteiger partial charge in [-0.15, -0.1) is 0 Å². The Kier molecular flexibility index (Phi) is 1.11. The molecule has 3 atom stereocenters. The van der Waals surface area contributed by atoms with Crippen molar-refractivity contribution < 1.29 is 9.59 Å². The van der Waals surface area contributed by atoms with E-state index in [1.165, 1.54) is 0 Å². The number of hydrogen-bond donors (Lipinski definition) is 0. The molecular formula is C9H12O2. The van der Waals surface area contributed by atoms with Crippen molar-refractivity contribution in [3.63, 3.8) is 0 Å². The summed E-state index contributed by atoms with van der Waals surface area (Å²) < 4.78 is 0. The summed E-state index contributed by atoms with van der Waals surface area (Å²) in [6.07, 6.45) is 1.49. The molecule has 0 aromatic rings. The highest BCUT2D eigenvalue weighted by atomic mass is 16.1. The van der Waals surface area contributed by atoms with Gasteiger partial charge in [0.25, 0.3) is 0 Å². The molecule has 60 valence electrons. The number of rotatable bonds is 1. The average Bonchev–Trinajstić information content (AvgIpc) is 2.57. The zero-order valence-electron chi connectivity index (χ0n) is 6.89. The summed E-state index contributed by atoms with van der Waals surface area (Å²) in [5, 5.41) is 0. The lowest BCUT2D eigenvalue weighted by atomic mass is 9.99. The Labute approximate surface area is 66.0 Å². The summed E-state index contributed by atoms with van der Waals surface area (Å²) in [6.45, 7) is 3.57. The minimum Gasteiger partial charge on any atom is -0.299 e. The van der Waals surface area contributed by atoms with Gasteiger partial charge in [-0.3, -0.25) is 9.59 Å². The van der Waals surface area contributed by atoms with E-state index in [0.29, 0.717) is 12.3 Å². The fourth-order valence-corrected chi connectivity index (χ4v) is 2.42. The smallest absolute Gasteiger partial charge is 0.137 e. The minimum atomic E-state index is -0.184. The molecule has 2 heteroatoms. The first kappa shape index (κ1) is 7.01. The van der Waals surface area contributed by atoms with E-state index in [2.05, 4.69) is 0 Å². The van der Waals surface area contributed by atoms with E-state index < -0.39 is 0 Å². The summed E-state index contributed by atoms with van der Waals surface area (Å²) in [7, 11) is 0. The summed E-state index contributed by atoms with van der Waals surface area (Å²) in [6, 6.07) is 0. The van der Waals surface area contributed by atoms with Crippen LogP contribution in [-0.2, 0) is 9.59 Å². The Hall–Kier alpha value is -0.660. The number of ketones is 2. The van der Waals surface area contributed by atoms with Crippen LogP contribution >= 0.6 is 0 Å². The number of fused-ring (bicyclic) bond motifs is 1. The summed E-state index contributed by atoms with van der Waals surface area (Å²) in [5.74, 6) is 1.06. The Morgan fingerprint density at radius 3 is 2.55 bits per heavy atom. The van der Waals surface area contributed by atoms with Gasteiger partial charge in [0.15, 0.2) is 0 Å². The highest BCUT2D eigenvalue weighted by Gasteiger charge is 2.66. The second-order valence-corrected chi connectivity index (χ2v) is 3.95. The second kappa shape index (κ2) is 1.74. The molecule has 0 heterocycles. The molecule has 0 radical (unpaired) electrons. The van der Waals surface area contributed by atoms with Crippen molar-refractivity contribution in [2.45, 2.75) is 26.7 Å². The Balaban J connectivity index is 2.26. The number of Topliss-reactive ketones (excluding diaryl/α,β-unsaturated/α-hetero) is 2. The molecule has 2 saturated carbocycles. The van der Waals surface area contributed by atoms with Crippen LogP contribution in [0.1, 0.15) is 26.7 Å². The van der Waals surface area contributed by atoms with Gasteiger partial charge in [-0.05, 0) is 19.3 Å². The molecule has 0 saturated heterocycles. The van der Waals surface area contributed by atoms with Gasteiger partial charge in [0.1, 0.15) is 11.6 Å². The van der Waals surface area contributed by atoms with Crippen molar-refractivity contribution in [3.8, 4) is 0 Å². The van der Waals surface area contributed by atoms with Crippen molar-refractivity contribution >= 4 is 11.6 Å². The fraction of sp³-hybridized carbons (Fsp3) is 0.778. The molecule has 2 aliphatic rings. The molecule has 0 bridgehead atoms. The van der Waals surface area contributed by atoms with Crippen LogP contribution in [0.5, 0.6) is 0 Å². The third-order valence-corrected chi connectivity index (χ3v) is 3.44. The van der Waals surface area contributed by atoms with Crippen molar-refractivity contribution in [1.82, 2.24) is 0 Å². The molecule has 2 fully saturated rings. The first-order valence-corrected chi connectivity index (χ1v) is 4.12. The minimum absolute atomic E-state index is 0.152. The van der Waals surface area contributed by atoms with E-state index in [9.17, 15) is 9.59 Å². The largest absolute Gasteiger partial charge is 0.299 e. The third kappa shape index (κ3) is 0.673. The van der Waals surface area contributed by atoms with Gasteiger partial charge in [0.2, 0.25) is 0 Å². The normalized spacial score (nSPS) is 47.3. The van der Waals surface area contributed by atoms with Crippen molar-refractivity contribution in [2.24, 2.45) is 17.3 Å². The molecule has 0 aliphatic heterocycles. The lowest BCUT2D eigenvalue weighted by Crippen LogP contribution is -2.12. The monoisotopic (exact) mass is 152 g/mol. The van der Waals surface area contributed by atoms with Gasteiger partial charge in [0, 0.05) is 17.8 Å². The molecule has 0 aromatic carbocycles. The van der Waals surface area contributed by atoms with Crippen LogP contribution in [0.2, 0.25) is 0 Å². The van der Waals surface area contributed by atoms with E-state index in [-0.39, 0.29) is 22.9 Å². The summed E-state index contributed by atoms with van der Waals surface area (Å²) >= 11 is 0. The van der Waals surface area contributed by atoms with Crippen LogP contribution in [0.3, 0.4) is 0 Å². The highest BCUT2D eigenvalue weighted by Crippen LogP contribution is 2.64. The van der Waals surface area contributed by atoms with Crippen LogP contribution in [0.4, 0.5) is 0 Å². The van der Waals surface area contributed by atoms with Crippen molar-refractivity contribution in [3.05, 3.63) is 0 Å². The maximum Gasteiger partial charge on any atom is 0.137 e. The third-order valence-electron chi connectivity index (χ3n) is 3.44. The number of carbonyl (C=O) groups excluding carboxylic acids is 2. The van der Waals surface area contributed by atoms with E-state index >= 15 is 0 Å². The Morgan fingerprint density at radius 1 is 1.64 bits per heavy atom. The van der Waals surface area contributed by atoms with Crippen LogP contribution in [0.25, 0.3) is 0 Å². The molecule has 0 amide bonds. The standard InChI is InChI=1S/C9H12O2/c1-5-7-3-9(7,6(2)10)4-8(5)11/h5,7H,3-4H2,1-2H3. The maximum atomic E-state index is 11.2. The van der Waals surface area contributed by atoms with Gasteiger partial charge < -0.3 is 0 Å². The molecule has 0 N–H and O–H groups in total. The van der Waals surface area contributed by atoms with E-state index in [1.54, 1.807) is 6.92 Å². The first-order valence-electron chi connectivity index (χ1n) is 4.12. The predicted octanol–water partition coefficient (Wildman–Crippen LogP) is 1.19. The van der Waals surface area contributed by atoms with E-state index in [4.69, 9.17) is 0 Å². The van der Waals surface area contributed by atoms with Crippen molar-refractivity contribution in [1.29, 1.82) is 0 Å². The predicted molar refractivity (Wildman–Crippen MR) is 40.0 cm³/mol. The van der Waals surface area contributed by atoms with Gasteiger partial charge in [-0.25, -0.2) is 0 Å². The van der Waals surface area contributed by atoms with Crippen LogP contribution in [-0.4, -0.2) is 11.6 Å². The molecule has 3 unspecified atom stereocenters. The van der Waals surface area contributed by atoms with Crippen molar-refractivity contribution in [2.75, 3.05) is 0 Å². The second-order valence-electron chi connectivity index (χ2n) is 3.95. The van der Waals surface area contributed by atoms with Gasteiger partial charge >= 0.3 is 0 Å².